The highest BCUT2D eigenvalue weighted by molar-refractivity contribution is 4.96. The van der Waals surface area contributed by atoms with Crippen molar-refractivity contribution in [3.63, 3.8) is 0 Å². The molecule has 2 heteroatoms. The molecule has 0 amide bonds. The van der Waals surface area contributed by atoms with Gasteiger partial charge in [-0.1, -0.05) is 33.1 Å². The Labute approximate surface area is 101 Å². The molecule has 2 aliphatic heterocycles. The first-order valence-electron chi connectivity index (χ1n) is 7.03. The second kappa shape index (κ2) is 7.29. The minimum absolute atomic E-state index is 0.436. The predicted octanol–water partition coefficient (Wildman–Crippen LogP) is 3.46. The maximum absolute atomic E-state index is 5.40. The summed E-state index contributed by atoms with van der Waals surface area (Å²) in [4.78, 5) is 2.68. The Hall–Kier alpha value is -0.0800. The summed E-state index contributed by atoms with van der Waals surface area (Å²) in [6.07, 6.45) is 9.57. The number of nitrogens with zero attached hydrogens (tertiary/aromatic N) is 1. The highest BCUT2D eigenvalue weighted by atomic mass is 16.5. The van der Waals surface area contributed by atoms with E-state index in [1.54, 1.807) is 0 Å². The van der Waals surface area contributed by atoms with Gasteiger partial charge < -0.3 is 4.74 Å². The molecule has 0 spiro atoms. The van der Waals surface area contributed by atoms with Crippen LogP contribution in [0.5, 0.6) is 0 Å². The van der Waals surface area contributed by atoms with Crippen molar-refractivity contribution in [3.8, 4) is 0 Å². The second-order valence-corrected chi connectivity index (χ2v) is 5.27. The van der Waals surface area contributed by atoms with Gasteiger partial charge in [-0.05, 0) is 38.8 Å². The fourth-order valence-electron chi connectivity index (χ4n) is 3.05. The van der Waals surface area contributed by atoms with Gasteiger partial charge in [-0.3, -0.25) is 4.90 Å². The summed E-state index contributed by atoms with van der Waals surface area (Å²) in [6.45, 7) is 7.82. The molecule has 0 aromatic heterocycles. The smallest absolute Gasteiger partial charge is 0.0646 e. The maximum atomic E-state index is 5.40. The highest BCUT2D eigenvalue weighted by Crippen LogP contribution is 2.36. The van der Waals surface area contributed by atoms with Crippen LogP contribution >= 0.6 is 0 Å². The van der Waals surface area contributed by atoms with Crippen LogP contribution < -0.4 is 0 Å². The van der Waals surface area contributed by atoms with Gasteiger partial charge in [0.05, 0.1) is 6.61 Å². The van der Waals surface area contributed by atoms with E-state index in [4.69, 9.17) is 4.74 Å². The second-order valence-electron chi connectivity index (χ2n) is 5.27. The molecule has 0 aromatic carbocycles. The summed E-state index contributed by atoms with van der Waals surface area (Å²) < 4.78 is 5.40. The van der Waals surface area contributed by atoms with Crippen LogP contribution in [0, 0.1) is 0 Å². The van der Waals surface area contributed by atoms with Crippen molar-refractivity contribution in [1.82, 2.24) is 4.90 Å². The Kier molecular flexibility index (Phi) is 6.37. The summed E-state index contributed by atoms with van der Waals surface area (Å²) in [7, 11) is 1.84. The lowest BCUT2D eigenvalue weighted by Gasteiger charge is -2.50. The fourth-order valence-corrected chi connectivity index (χ4v) is 3.05. The van der Waals surface area contributed by atoms with Gasteiger partial charge in [0.2, 0.25) is 0 Å². The summed E-state index contributed by atoms with van der Waals surface area (Å²) in [5, 5.41) is 0. The molecule has 0 aliphatic carbocycles. The summed E-state index contributed by atoms with van der Waals surface area (Å²) in [5.41, 5.74) is 0.436. The van der Waals surface area contributed by atoms with Gasteiger partial charge in [-0.25, -0.2) is 0 Å². The Morgan fingerprint density at radius 3 is 1.94 bits per heavy atom. The monoisotopic (exact) mass is 227 g/mol. The van der Waals surface area contributed by atoms with E-state index in [-0.39, 0.29) is 0 Å². The molecule has 0 bridgehead atoms. The molecule has 0 radical (unpaired) electrons. The minimum Gasteiger partial charge on any atom is -0.383 e. The lowest BCUT2D eigenvalue weighted by Crippen LogP contribution is -2.57. The first kappa shape index (κ1) is 14.0. The molecule has 0 unspecified atom stereocenters. The predicted molar refractivity (Wildman–Crippen MR) is 69.8 cm³/mol. The van der Waals surface area contributed by atoms with Crippen LogP contribution in [0.25, 0.3) is 0 Å². The molecule has 0 N–H and O–H groups in total. The molecule has 16 heavy (non-hydrogen) atoms. The van der Waals surface area contributed by atoms with Gasteiger partial charge in [-0.15, -0.1) is 0 Å². The van der Waals surface area contributed by atoms with E-state index < -0.39 is 0 Å². The lowest BCUT2D eigenvalue weighted by atomic mass is 9.80. The summed E-state index contributed by atoms with van der Waals surface area (Å²) >= 11 is 0. The third-order valence-corrected chi connectivity index (χ3v) is 3.72. The molecule has 2 nitrogen and oxygen atoms in total. The van der Waals surface area contributed by atoms with Gasteiger partial charge in [0.15, 0.2) is 0 Å². The van der Waals surface area contributed by atoms with E-state index in [0.717, 1.165) is 6.61 Å². The standard InChI is InChI=1S/C11H21NO.C3H8/c1-13-10-11-6-2-4-8-12(11)9-5-3-7-11;1-3-2/h2-10H2,1H3;3H2,1-2H3. The topological polar surface area (TPSA) is 12.5 Å². The van der Waals surface area contributed by atoms with E-state index in [1.165, 1.54) is 58.0 Å². The van der Waals surface area contributed by atoms with Crippen LogP contribution in [-0.2, 0) is 4.74 Å². The van der Waals surface area contributed by atoms with Crippen LogP contribution in [-0.4, -0.2) is 37.2 Å². The Bertz CT molecular complexity index is 164. The Morgan fingerprint density at radius 1 is 1.00 bits per heavy atom. The van der Waals surface area contributed by atoms with Gasteiger partial charge >= 0.3 is 0 Å². The van der Waals surface area contributed by atoms with Crippen molar-refractivity contribution < 1.29 is 4.74 Å². The van der Waals surface area contributed by atoms with Crippen LogP contribution in [0.2, 0.25) is 0 Å². The number of ether oxygens (including phenoxy) is 1. The van der Waals surface area contributed by atoms with Crippen molar-refractivity contribution in [2.24, 2.45) is 0 Å². The molecule has 2 heterocycles. The van der Waals surface area contributed by atoms with Gasteiger partial charge in [-0.2, -0.15) is 0 Å². The van der Waals surface area contributed by atoms with E-state index >= 15 is 0 Å². The van der Waals surface area contributed by atoms with Crippen LogP contribution in [0.15, 0.2) is 0 Å². The number of piperidine rings is 2. The van der Waals surface area contributed by atoms with Crippen molar-refractivity contribution in [2.45, 2.75) is 64.3 Å². The molecular formula is C14H29NO. The van der Waals surface area contributed by atoms with Crippen molar-refractivity contribution in [3.05, 3.63) is 0 Å². The van der Waals surface area contributed by atoms with E-state index in [0.29, 0.717) is 5.54 Å². The third-order valence-electron chi connectivity index (χ3n) is 3.72. The zero-order chi connectivity index (χ0) is 11.9. The average Bonchev–Trinajstić information content (AvgIpc) is 2.30. The van der Waals surface area contributed by atoms with Crippen molar-refractivity contribution in [2.75, 3.05) is 26.8 Å². The average molecular weight is 227 g/mol. The molecule has 2 rings (SSSR count). The lowest BCUT2D eigenvalue weighted by molar-refractivity contribution is -0.0412. The number of hydrogen-bond acceptors (Lipinski definition) is 2. The number of fused-ring (bicyclic) bond motifs is 1. The molecule has 2 aliphatic rings. The number of hydrogen-bond donors (Lipinski definition) is 0. The largest absolute Gasteiger partial charge is 0.383 e. The van der Waals surface area contributed by atoms with E-state index in [1.807, 2.05) is 7.11 Å². The number of methoxy groups -OCH3 is 1. The zero-order valence-corrected chi connectivity index (χ0v) is 11.4. The van der Waals surface area contributed by atoms with Crippen LogP contribution in [0.1, 0.15) is 58.8 Å². The molecule has 2 fully saturated rings. The fraction of sp³-hybridized carbons (Fsp3) is 1.00. The Morgan fingerprint density at radius 2 is 1.50 bits per heavy atom. The quantitative estimate of drug-likeness (QED) is 0.716. The molecule has 0 aromatic rings. The number of rotatable bonds is 2. The third kappa shape index (κ3) is 3.46. The first-order chi connectivity index (χ1) is 7.79. The molecule has 0 atom stereocenters. The first-order valence-corrected chi connectivity index (χ1v) is 7.03. The van der Waals surface area contributed by atoms with Crippen molar-refractivity contribution >= 4 is 0 Å². The highest BCUT2D eigenvalue weighted by Gasteiger charge is 2.40. The summed E-state index contributed by atoms with van der Waals surface area (Å²) in [5.74, 6) is 0. The molecular weight excluding hydrogens is 198 g/mol. The SMILES string of the molecule is CCC.COCC12CCCCN1CCCC2. The van der Waals surface area contributed by atoms with Gasteiger partial charge in [0.1, 0.15) is 0 Å². The van der Waals surface area contributed by atoms with E-state index in [9.17, 15) is 0 Å². The van der Waals surface area contributed by atoms with Gasteiger partial charge in [0, 0.05) is 12.6 Å². The van der Waals surface area contributed by atoms with Gasteiger partial charge in [0.25, 0.3) is 0 Å². The Balaban J connectivity index is 0.000000386. The van der Waals surface area contributed by atoms with E-state index in [2.05, 4.69) is 18.7 Å². The van der Waals surface area contributed by atoms with Crippen LogP contribution in [0.3, 0.4) is 0 Å². The summed E-state index contributed by atoms with van der Waals surface area (Å²) in [6, 6.07) is 0. The molecule has 0 saturated carbocycles. The maximum Gasteiger partial charge on any atom is 0.0646 e. The normalized spacial score (nSPS) is 24.2. The molecule has 96 valence electrons. The van der Waals surface area contributed by atoms with Crippen LogP contribution in [0.4, 0.5) is 0 Å². The zero-order valence-electron chi connectivity index (χ0n) is 11.4. The van der Waals surface area contributed by atoms with Crippen molar-refractivity contribution in [1.29, 1.82) is 0 Å². The minimum atomic E-state index is 0.436. The molecule has 2 saturated heterocycles.